The first-order valence-electron chi connectivity index (χ1n) is 10.5. The number of benzene rings is 1. The first-order valence-corrected chi connectivity index (χ1v) is 11.1. The molecule has 0 bridgehead atoms. The fraction of sp³-hybridized carbons (Fsp3) is 0.545. The lowest BCUT2D eigenvalue weighted by molar-refractivity contribution is -0.143. The standard InChI is InChI=1S/C22H33N3O7S/c1-6-31-17(27)11-12-23-19(28)18(14-7-9-15(26)10-8-14)25(5)20(29)16(13-33)24-21(30)32-22(2,3)4/h7-10,16,18,26,33H,6,11-13H2,1-5H3,(H,23,28)(H,24,30). The lowest BCUT2D eigenvalue weighted by atomic mass is 10.0. The van der Waals surface area contributed by atoms with Crippen LogP contribution in [-0.2, 0) is 23.9 Å². The molecule has 33 heavy (non-hydrogen) atoms. The Morgan fingerprint density at radius 1 is 1.15 bits per heavy atom. The van der Waals surface area contributed by atoms with Crippen molar-refractivity contribution in [2.75, 3.05) is 26.0 Å². The Kier molecular flexibility index (Phi) is 11.0. The zero-order valence-electron chi connectivity index (χ0n) is 19.6. The number of hydrogen-bond donors (Lipinski definition) is 4. The number of phenols is 1. The fourth-order valence-electron chi connectivity index (χ4n) is 2.83. The lowest BCUT2D eigenvalue weighted by Crippen LogP contribution is -2.52. The van der Waals surface area contributed by atoms with Crippen LogP contribution in [0.4, 0.5) is 4.79 Å². The van der Waals surface area contributed by atoms with Gasteiger partial charge in [-0.15, -0.1) is 0 Å². The van der Waals surface area contributed by atoms with Crippen molar-refractivity contribution in [3.63, 3.8) is 0 Å². The normalized spacial score (nSPS) is 12.8. The van der Waals surface area contributed by atoms with Gasteiger partial charge in [-0.25, -0.2) is 4.79 Å². The predicted molar refractivity (Wildman–Crippen MR) is 125 cm³/mol. The van der Waals surface area contributed by atoms with Crippen LogP contribution in [0.3, 0.4) is 0 Å². The van der Waals surface area contributed by atoms with E-state index in [4.69, 9.17) is 9.47 Å². The quantitative estimate of drug-likeness (QED) is 0.294. The summed E-state index contributed by atoms with van der Waals surface area (Å²) in [6.45, 7) is 7.00. The van der Waals surface area contributed by atoms with Crippen LogP contribution in [0, 0.1) is 0 Å². The summed E-state index contributed by atoms with van der Waals surface area (Å²) in [5.41, 5.74) is -0.333. The van der Waals surface area contributed by atoms with Gasteiger partial charge >= 0.3 is 12.1 Å². The van der Waals surface area contributed by atoms with Crippen molar-refractivity contribution in [3.05, 3.63) is 29.8 Å². The van der Waals surface area contributed by atoms with E-state index in [9.17, 15) is 24.3 Å². The summed E-state index contributed by atoms with van der Waals surface area (Å²) < 4.78 is 10.0. The molecule has 1 aromatic carbocycles. The highest BCUT2D eigenvalue weighted by Gasteiger charge is 2.33. The van der Waals surface area contributed by atoms with E-state index in [1.807, 2.05) is 0 Å². The van der Waals surface area contributed by atoms with Crippen LogP contribution in [0.5, 0.6) is 5.75 Å². The smallest absolute Gasteiger partial charge is 0.408 e. The Labute approximate surface area is 199 Å². The van der Waals surface area contributed by atoms with Crippen molar-refractivity contribution >= 4 is 36.5 Å². The summed E-state index contributed by atoms with van der Waals surface area (Å²) in [6.07, 6.45) is -0.817. The molecular formula is C22H33N3O7S. The maximum absolute atomic E-state index is 13.1. The van der Waals surface area contributed by atoms with E-state index in [0.29, 0.717) is 5.56 Å². The molecule has 0 heterocycles. The van der Waals surface area contributed by atoms with Gasteiger partial charge in [-0.05, 0) is 45.4 Å². The Morgan fingerprint density at radius 3 is 2.27 bits per heavy atom. The molecule has 0 aliphatic rings. The van der Waals surface area contributed by atoms with Gasteiger partial charge in [0.15, 0.2) is 0 Å². The van der Waals surface area contributed by atoms with Gasteiger partial charge < -0.3 is 30.1 Å². The molecule has 3 amide bonds. The molecule has 0 aromatic heterocycles. The van der Waals surface area contributed by atoms with E-state index >= 15 is 0 Å². The minimum absolute atomic E-state index is 0.00553. The van der Waals surface area contributed by atoms with Gasteiger partial charge in [0.2, 0.25) is 11.8 Å². The highest BCUT2D eigenvalue weighted by molar-refractivity contribution is 7.80. The minimum atomic E-state index is -1.09. The number of likely N-dealkylation sites (N-methyl/N-ethyl adjacent to an activating group) is 1. The van der Waals surface area contributed by atoms with Crippen LogP contribution in [0.2, 0.25) is 0 Å². The SMILES string of the molecule is CCOC(=O)CCNC(=O)C(c1ccc(O)cc1)N(C)C(=O)C(CS)NC(=O)OC(C)(C)C. The van der Waals surface area contributed by atoms with Crippen molar-refractivity contribution in [1.82, 2.24) is 15.5 Å². The Balaban J connectivity index is 3.04. The molecule has 1 rings (SSSR count). The second kappa shape index (κ2) is 12.9. The average molecular weight is 484 g/mol. The van der Waals surface area contributed by atoms with Crippen LogP contribution in [0.15, 0.2) is 24.3 Å². The second-order valence-electron chi connectivity index (χ2n) is 8.17. The fourth-order valence-corrected chi connectivity index (χ4v) is 3.08. The number of phenolic OH excluding ortho intramolecular Hbond substituents is 1. The highest BCUT2D eigenvalue weighted by Crippen LogP contribution is 2.23. The third-order valence-electron chi connectivity index (χ3n) is 4.30. The number of aromatic hydroxyl groups is 1. The molecule has 1 aromatic rings. The molecule has 0 saturated carbocycles. The Bertz CT molecular complexity index is 824. The lowest BCUT2D eigenvalue weighted by Gasteiger charge is -2.31. The van der Waals surface area contributed by atoms with Crippen LogP contribution in [0.1, 0.15) is 45.7 Å². The molecule has 3 N–H and O–H groups in total. The third-order valence-corrected chi connectivity index (χ3v) is 4.66. The van der Waals surface area contributed by atoms with E-state index in [2.05, 4.69) is 23.3 Å². The third kappa shape index (κ3) is 9.60. The summed E-state index contributed by atoms with van der Waals surface area (Å²) in [5, 5.41) is 14.7. The zero-order valence-corrected chi connectivity index (χ0v) is 20.5. The monoisotopic (exact) mass is 483 g/mol. The molecule has 11 heteroatoms. The number of nitrogens with zero attached hydrogens (tertiary/aromatic N) is 1. The first-order chi connectivity index (χ1) is 15.4. The summed E-state index contributed by atoms with van der Waals surface area (Å²) >= 11 is 4.15. The van der Waals surface area contributed by atoms with Gasteiger partial charge in [0.1, 0.15) is 23.4 Å². The molecule has 0 fully saturated rings. The van der Waals surface area contributed by atoms with E-state index in [-0.39, 0.29) is 31.1 Å². The van der Waals surface area contributed by atoms with Gasteiger partial charge in [0.05, 0.1) is 13.0 Å². The molecule has 184 valence electrons. The number of ether oxygens (including phenoxy) is 2. The van der Waals surface area contributed by atoms with Gasteiger partial charge in [-0.2, -0.15) is 12.6 Å². The molecule has 2 unspecified atom stereocenters. The van der Waals surface area contributed by atoms with Gasteiger partial charge in [-0.1, -0.05) is 12.1 Å². The van der Waals surface area contributed by atoms with Crippen molar-refractivity contribution < 1.29 is 33.8 Å². The number of carbonyl (C=O) groups excluding carboxylic acids is 4. The summed E-state index contributed by atoms with van der Waals surface area (Å²) in [7, 11) is 1.41. The van der Waals surface area contributed by atoms with E-state index in [1.54, 1.807) is 27.7 Å². The summed E-state index contributed by atoms with van der Waals surface area (Å²) in [4.78, 5) is 51.0. The molecule has 0 radical (unpaired) electrons. The number of amides is 3. The van der Waals surface area contributed by atoms with Crippen LogP contribution in [0.25, 0.3) is 0 Å². The summed E-state index contributed by atoms with van der Waals surface area (Å²) in [6, 6.07) is 3.64. The summed E-state index contributed by atoms with van der Waals surface area (Å²) in [5.74, 6) is -1.62. The number of rotatable bonds is 10. The van der Waals surface area contributed by atoms with Crippen LogP contribution in [-0.4, -0.2) is 71.5 Å². The number of carbonyl (C=O) groups is 4. The van der Waals surface area contributed by atoms with Crippen LogP contribution >= 0.6 is 12.6 Å². The van der Waals surface area contributed by atoms with Crippen molar-refractivity contribution in [1.29, 1.82) is 0 Å². The average Bonchev–Trinajstić information content (AvgIpc) is 2.72. The maximum atomic E-state index is 13.1. The predicted octanol–water partition coefficient (Wildman–Crippen LogP) is 1.78. The second-order valence-corrected chi connectivity index (χ2v) is 8.54. The molecule has 0 aliphatic carbocycles. The Morgan fingerprint density at radius 2 is 1.76 bits per heavy atom. The molecule has 0 aliphatic heterocycles. The molecule has 0 spiro atoms. The van der Waals surface area contributed by atoms with Crippen LogP contribution < -0.4 is 10.6 Å². The zero-order chi connectivity index (χ0) is 25.2. The van der Waals surface area contributed by atoms with E-state index in [1.165, 1.54) is 36.2 Å². The molecule has 0 saturated heterocycles. The molecular weight excluding hydrogens is 450 g/mol. The number of alkyl carbamates (subject to hydrolysis) is 1. The highest BCUT2D eigenvalue weighted by atomic mass is 32.1. The number of esters is 1. The number of hydrogen-bond acceptors (Lipinski definition) is 8. The number of nitrogens with one attached hydrogen (secondary N) is 2. The van der Waals surface area contributed by atoms with E-state index in [0.717, 1.165) is 0 Å². The topological polar surface area (TPSA) is 134 Å². The van der Waals surface area contributed by atoms with E-state index < -0.39 is 41.6 Å². The first kappa shape index (κ1) is 28.1. The Hall–Kier alpha value is -2.95. The van der Waals surface area contributed by atoms with Gasteiger partial charge in [0, 0.05) is 19.3 Å². The molecule has 2 atom stereocenters. The minimum Gasteiger partial charge on any atom is -0.508 e. The van der Waals surface area contributed by atoms with Crippen molar-refractivity contribution in [2.45, 2.75) is 51.8 Å². The van der Waals surface area contributed by atoms with Crippen molar-refractivity contribution in [3.8, 4) is 5.75 Å². The molecule has 10 nitrogen and oxygen atoms in total. The number of thiol groups is 1. The van der Waals surface area contributed by atoms with Gasteiger partial charge in [-0.3, -0.25) is 14.4 Å². The largest absolute Gasteiger partial charge is 0.508 e. The maximum Gasteiger partial charge on any atom is 0.408 e. The van der Waals surface area contributed by atoms with Gasteiger partial charge in [0.25, 0.3) is 0 Å². The van der Waals surface area contributed by atoms with Crippen molar-refractivity contribution in [2.24, 2.45) is 0 Å².